The number of nitrogens with zero attached hydrogens (tertiary/aromatic N) is 1. The molecule has 2 nitrogen and oxygen atoms in total. The van der Waals surface area contributed by atoms with Gasteiger partial charge in [0.15, 0.2) is 4.71 Å². The van der Waals surface area contributed by atoms with E-state index in [4.69, 9.17) is 0 Å². The molecule has 0 spiro atoms. The Labute approximate surface area is 99.3 Å². The lowest BCUT2D eigenvalue weighted by Gasteiger charge is -2.37. The summed E-state index contributed by atoms with van der Waals surface area (Å²) in [6.45, 7) is 6.50. The Morgan fingerprint density at radius 1 is 1.33 bits per heavy atom. The Kier molecular flexibility index (Phi) is 2.92. The van der Waals surface area contributed by atoms with E-state index in [2.05, 4.69) is 37.8 Å². The third-order valence-corrected chi connectivity index (χ3v) is 4.33. The molecule has 82 valence electrons. The van der Waals surface area contributed by atoms with E-state index in [1.165, 1.54) is 10.6 Å². The van der Waals surface area contributed by atoms with Gasteiger partial charge in [0.2, 0.25) is 0 Å². The summed E-state index contributed by atoms with van der Waals surface area (Å²) in [4.78, 5) is 3.51. The summed E-state index contributed by atoms with van der Waals surface area (Å²) in [5, 5.41) is 0. The number of anilines is 1. The molecule has 1 N–H and O–H groups in total. The summed E-state index contributed by atoms with van der Waals surface area (Å²) >= 11 is 2.62. The Morgan fingerprint density at radius 2 is 2.00 bits per heavy atom. The van der Waals surface area contributed by atoms with E-state index in [1.54, 1.807) is 11.8 Å². The molecular weight excluding hydrogens is 226 g/mol. The SMILES string of the molecule is CC(C)(C)N1c2ccccc2SC1SO. The highest BCUT2D eigenvalue weighted by atomic mass is 32.2. The standard InChI is InChI=1S/C11H15NOS2/c1-11(2,3)12-8-6-4-5-7-9(8)14-10(12)15-13/h4-7,10,13H,1-3H3. The van der Waals surface area contributed by atoms with Crippen LogP contribution in [0.5, 0.6) is 0 Å². The molecule has 0 amide bonds. The number of hydrogen-bond acceptors (Lipinski definition) is 4. The van der Waals surface area contributed by atoms with Gasteiger partial charge in [-0.2, -0.15) is 0 Å². The van der Waals surface area contributed by atoms with Crippen molar-refractivity contribution in [1.82, 2.24) is 0 Å². The number of hydrogen-bond donors (Lipinski definition) is 1. The first-order valence-electron chi connectivity index (χ1n) is 4.89. The lowest BCUT2D eigenvalue weighted by molar-refractivity contribution is 0.519. The quantitative estimate of drug-likeness (QED) is 0.754. The van der Waals surface area contributed by atoms with Crippen molar-refractivity contribution in [1.29, 1.82) is 0 Å². The van der Waals surface area contributed by atoms with E-state index < -0.39 is 0 Å². The molecule has 0 bridgehead atoms. The maximum Gasteiger partial charge on any atom is 0.153 e. The van der Waals surface area contributed by atoms with Crippen molar-refractivity contribution in [3.8, 4) is 0 Å². The van der Waals surface area contributed by atoms with E-state index in [9.17, 15) is 4.55 Å². The van der Waals surface area contributed by atoms with Gasteiger partial charge in [0.1, 0.15) is 0 Å². The van der Waals surface area contributed by atoms with Crippen LogP contribution in [0.4, 0.5) is 5.69 Å². The first-order chi connectivity index (χ1) is 7.04. The zero-order valence-corrected chi connectivity index (χ0v) is 10.7. The zero-order chi connectivity index (χ0) is 11.1. The molecule has 0 fully saturated rings. The molecule has 1 aliphatic heterocycles. The molecular formula is C11H15NOS2. The predicted octanol–water partition coefficient (Wildman–Crippen LogP) is 3.89. The lowest BCUT2D eigenvalue weighted by Crippen LogP contribution is -2.43. The van der Waals surface area contributed by atoms with Gasteiger partial charge >= 0.3 is 0 Å². The van der Waals surface area contributed by atoms with Crippen LogP contribution in [0.1, 0.15) is 20.8 Å². The van der Waals surface area contributed by atoms with E-state index in [0.717, 1.165) is 12.0 Å². The molecule has 0 saturated carbocycles. The lowest BCUT2D eigenvalue weighted by atomic mass is 10.1. The third kappa shape index (κ3) is 1.98. The summed E-state index contributed by atoms with van der Waals surface area (Å²) in [5.41, 5.74) is 1.25. The highest BCUT2D eigenvalue weighted by Gasteiger charge is 2.37. The molecule has 1 aliphatic rings. The second kappa shape index (κ2) is 3.92. The van der Waals surface area contributed by atoms with Gasteiger partial charge in [-0.05, 0) is 32.9 Å². The molecule has 1 atom stereocenters. The average molecular weight is 241 g/mol. The van der Waals surface area contributed by atoms with Crippen LogP contribution in [0.2, 0.25) is 0 Å². The molecule has 1 aromatic rings. The number of benzene rings is 1. The fourth-order valence-corrected chi connectivity index (χ4v) is 3.98. The summed E-state index contributed by atoms with van der Waals surface area (Å²) in [7, 11) is 0. The number of fused-ring (bicyclic) bond motifs is 1. The van der Waals surface area contributed by atoms with Crippen LogP contribution in [-0.4, -0.2) is 14.8 Å². The maximum absolute atomic E-state index is 9.33. The summed E-state index contributed by atoms with van der Waals surface area (Å²) in [6.07, 6.45) is 0. The minimum Gasteiger partial charge on any atom is -0.343 e. The fourth-order valence-electron chi connectivity index (χ4n) is 1.78. The normalized spacial score (nSPS) is 20.5. The van der Waals surface area contributed by atoms with E-state index in [0.29, 0.717) is 0 Å². The largest absolute Gasteiger partial charge is 0.343 e. The van der Waals surface area contributed by atoms with Crippen LogP contribution < -0.4 is 4.90 Å². The van der Waals surface area contributed by atoms with Crippen molar-refractivity contribution in [3.63, 3.8) is 0 Å². The zero-order valence-electron chi connectivity index (χ0n) is 9.10. The fraction of sp³-hybridized carbons (Fsp3) is 0.455. The number of thioether (sulfide) groups is 1. The Morgan fingerprint density at radius 3 is 2.60 bits per heavy atom. The number of para-hydroxylation sites is 1. The molecule has 4 heteroatoms. The molecule has 2 rings (SSSR count). The van der Waals surface area contributed by atoms with Crippen LogP contribution in [0.15, 0.2) is 29.2 Å². The number of rotatable bonds is 1. The maximum atomic E-state index is 9.33. The van der Waals surface area contributed by atoms with Gasteiger partial charge in [0, 0.05) is 22.5 Å². The Hall–Kier alpha value is -0.320. The Balaban J connectivity index is 2.43. The minimum atomic E-state index is 0.0278. The van der Waals surface area contributed by atoms with Crippen molar-refractivity contribution in [3.05, 3.63) is 24.3 Å². The molecule has 0 aliphatic carbocycles. The van der Waals surface area contributed by atoms with Gasteiger partial charge in [-0.1, -0.05) is 23.9 Å². The van der Waals surface area contributed by atoms with Crippen LogP contribution in [0, 0.1) is 0 Å². The van der Waals surface area contributed by atoms with Crippen molar-refractivity contribution >= 4 is 29.5 Å². The molecule has 0 aromatic heterocycles. The van der Waals surface area contributed by atoms with Crippen molar-refractivity contribution in [2.24, 2.45) is 0 Å². The van der Waals surface area contributed by atoms with Crippen LogP contribution >= 0.6 is 23.8 Å². The second-order valence-corrected chi connectivity index (χ2v) is 6.62. The van der Waals surface area contributed by atoms with E-state index in [-0.39, 0.29) is 10.2 Å². The topological polar surface area (TPSA) is 23.5 Å². The molecule has 15 heavy (non-hydrogen) atoms. The van der Waals surface area contributed by atoms with Crippen molar-refractivity contribution in [2.45, 2.75) is 35.9 Å². The smallest absolute Gasteiger partial charge is 0.153 e. The summed E-state index contributed by atoms with van der Waals surface area (Å²) in [5.74, 6) is 0. The molecule has 1 aromatic carbocycles. The predicted molar refractivity (Wildman–Crippen MR) is 68.5 cm³/mol. The van der Waals surface area contributed by atoms with Gasteiger partial charge < -0.3 is 9.45 Å². The molecule has 0 saturated heterocycles. The first kappa shape index (κ1) is 11.2. The van der Waals surface area contributed by atoms with Crippen molar-refractivity contribution < 1.29 is 4.55 Å². The van der Waals surface area contributed by atoms with E-state index >= 15 is 0 Å². The minimum absolute atomic E-state index is 0.0278. The molecule has 1 unspecified atom stereocenters. The highest BCUT2D eigenvalue weighted by Crippen LogP contribution is 2.49. The monoisotopic (exact) mass is 241 g/mol. The third-order valence-electron chi connectivity index (χ3n) is 2.38. The van der Waals surface area contributed by atoms with Gasteiger partial charge in [-0.25, -0.2) is 0 Å². The summed E-state index contributed by atoms with van der Waals surface area (Å²) < 4.78 is 9.40. The molecule has 0 radical (unpaired) electrons. The van der Waals surface area contributed by atoms with Gasteiger partial charge in [0.05, 0.1) is 5.69 Å². The second-order valence-electron chi connectivity index (χ2n) is 4.54. The first-order valence-corrected chi connectivity index (χ1v) is 6.61. The van der Waals surface area contributed by atoms with Gasteiger partial charge in [-0.3, -0.25) is 0 Å². The highest BCUT2D eigenvalue weighted by molar-refractivity contribution is 8.15. The summed E-state index contributed by atoms with van der Waals surface area (Å²) in [6, 6.07) is 8.30. The Bertz CT molecular complexity index is 362. The van der Waals surface area contributed by atoms with Crippen molar-refractivity contribution in [2.75, 3.05) is 4.90 Å². The van der Waals surface area contributed by atoms with Crippen LogP contribution in [-0.2, 0) is 0 Å². The van der Waals surface area contributed by atoms with E-state index in [1.807, 2.05) is 12.1 Å². The average Bonchev–Trinajstić information content (AvgIpc) is 2.54. The van der Waals surface area contributed by atoms with Gasteiger partial charge in [-0.15, -0.1) is 0 Å². The van der Waals surface area contributed by atoms with Crippen LogP contribution in [0.25, 0.3) is 0 Å². The van der Waals surface area contributed by atoms with Crippen LogP contribution in [0.3, 0.4) is 0 Å². The molecule has 1 heterocycles. The van der Waals surface area contributed by atoms with Gasteiger partial charge in [0.25, 0.3) is 0 Å².